The van der Waals surface area contributed by atoms with Crippen molar-refractivity contribution in [2.75, 3.05) is 13.1 Å². The monoisotopic (exact) mass is 250 g/mol. The van der Waals surface area contributed by atoms with Crippen LogP contribution in [0, 0.1) is 0 Å². The van der Waals surface area contributed by atoms with Gasteiger partial charge in [-0.2, -0.15) is 0 Å². The Kier molecular flexibility index (Phi) is 3.81. The predicted octanol–water partition coefficient (Wildman–Crippen LogP) is 1.08. The number of β-amino-alcohol motifs (C(OH)–C–C–N with tert-alkyl or cyclic N) is 1. The van der Waals surface area contributed by atoms with Crippen LogP contribution in [0.25, 0.3) is 0 Å². The maximum Gasteiger partial charge on any atom is 0.276 e. The molecule has 1 aliphatic rings. The second-order valence-corrected chi connectivity index (χ2v) is 4.71. The first-order valence-electron chi connectivity index (χ1n) is 6.17. The minimum atomic E-state index is -0.424. The molecule has 2 rings (SSSR count). The highest BCUT2D eigenvalue weighted by Crippen LogP contribution is 2.21. The van der Waals surface area contributed by atoms with E-state index in [-0.39, 0.29) is 12.0 Å². The largest absolute Gasteiger partial charge is 0.489 e. The molecule has 5 heteroatoms. The lowest BCUT2D eigenvalue weighted by Crippen LogP contribution is -2.30. The normalized spacial score (nSPS) is 19.3. The summed E-state index contributed by atoms with van der Waals surface area (Å²) < 4.78 is 5.58. The van der Waals surface area contributed by atoms with Gasteiger partial charge >= 0.3 is 0 Å². The molecule has 1 N–H and O–H groups in total. The molecule has 0 bridgehead atoms. The van der Waals surface area contributed by atoms with Crippen LogP contribution in [0.5, 0.6) is 5.75 Å². The third-order valence-electron chi connectivity index (χ3n) is 2.79. The summed E-state index contributed by atoms with van der Waals surface area (Å²) in [6.45, 7) is 4.75. The molecule has 0 aromatic carbocycles. The van der Waals surface area contributed by atoms with Crippen molar-refractivity contribution in [1.82, 2.24) is 9.88 Å². The third kappa shape index (κ3) is 2.79. The van der Waals surface area contributed by atoms with E-state index in [0.717, 1.165) is 0 Å². The fourth-order valence-corrected chi connectivity index (χ4v) is 1.98. The highest BCUT2D eigenvalue weighted by molar-refractivity contribution is 5.95. The topological polar surface area (TPSA) is 62.7 Å². The molecular weight excluding hydrogens is 232 g/mol. The lowest BCUT2D eigenvalue weighted by molar-refractivity contribution is 0.0752. The van der Waals surface area contributed by atoms with Crippen LogP contribution in [0.2, 0.25) is 0 Å². The SMILES string of the molecule is CC(C)Oc1cccnc1C(=O)N1CC[C@@H](O)C1. The molecule has 0 spiro atoms. The molecule has 1 aromatic rings. The van der Waals surface area contributed by atoms with E-state index < -0.39 is 6.10 Å². The van der Waals surface area contributed by atoms with Crippen LogP contribution in [0.15, 0.2) is 18.3 Å². The summed E-state index contributed by atoms with van der Waals surface area (Å²) in [5, 5.41) is 9.46. The number of ether oxygens (including phenoxy) is 1. The lowest BCUT2D eigenvalue weighted by Gasteiger charge is -2.18. The average molecular weight is 250 g/mol. The molecule has 0 saturated carbocycles. The van der Waals surface area contributed by atoms with Gasteiger partial charge in [0.2, 0.25) is 0 Å². The Labute approximate surface area is 106 Å². The Balaban J connectivity index is 2.19. The maximum absolute atomic E-state index is 12.3. The van der Waals surface area contributed by atoms with Crippen molar-refractivity contribution in [3.8, 4) is 5.75 Å². The Hall–Kier alpha value is -1.62. The number of hydrogen-bond donors (Lipinski definition) is 1. The number of carbonyl (C=O) groups excluding carboxylic acids is 1. The van der Waals surface area contributed by atoms with Crippen LogP contribution in [-0.4, -0.2) is 46.2 Å². The number of rotatable bonds is 3. The average Bonchev–Trinajstić information content (AvgIpc) is 2.75. The van der Waals surface area contributed by atoms with E-state index in [4.69, 9.17) is 4.74 Å². The van der Waals surface area contributed by atoms with Gasteiger partial charge in [-0.15, -0.1) is 0 Å². The second kappa shape index (κ2) is 5.35. The molecule has 1 saturated heterocycles. The van der Waals surface area contributed by atoms with E-state index in [1.165, 1.54) is 0 Å². The van der Waals surface area contributed by atoms with Crippen molar-refractivity contribution in [1.29, 1.82) is 0 Å². The predicted molar refractivity (Wildman–Crippen MR) is 66.5 cm³/mol. The summed E-state index contributed by atoms with van der Waals surface area (Å²) in [5.74, 6) is 0.321. The van der Waals surface area contributed by atoms with Gasteiger partial charge in [-0.05, 0) is 32.4 Å². The number of hydrogen-bond acceptors (Lipinski definition) is 4. The van der Waals surface area contributed by atoms with Gasteiger partial charge in [-0.25, -0.2) is 4.98 Å². The molecule has 1 aliphatic heterocycles. The maximum atomic E-state index is 12.3. The van der Waals surface area contributed by atoms with Crippen LogP contribution in [-0.2, 0) is 0 Å². The Morgan fingerprint density at radius 3 is 3.00 bits per heavy atom. The number of carbonyl (C=O) groups is 1. The van der Waals surface area contributed by atoms with Crippen molar-refractivity contribution in [2.24, 2.45) is 0 Å². The number of pyridine rings is 1. The molecule has 2 heterocycles. The molecule has 1 aromatic heterocycles. The summed E-state index contributed by atoms with van der Waals surface area (Å²) in [5.41, 5.74) is 0.320. The van der Waals surface area contributed by atoms with E-state index in [2.05, 4.69) is 4.98 Å². The van der Waals surface area contributed by atoms with Crippen molar-refractivity contribution < 1.29 is 14.6 Å². The first-order chi connectivity index (χ1) is 8.58. The van der Waals surface area contributed by atoms with Crippen LogP contribution in [0.1, 0.15) is 30.8 Å². The zero-order chi connectivity index (χ0) is 13.1. The molecule has 98 valence electrons. The van der Waals surface area contributed by atoms with E-state index in [1.807, 2.05) is 13.8 Å². The Morgan fingerprint density at radius 2 is 2.39 bits per heavy atom. The van der Waals surface area contributed by atoms with Gasteiger partial charge in [0.05, 0.1) is 12.2 Å². The van der Waals surface area contributed by atoms with Gasteiger partial charge < -0.3 is 14.7 Å². The van der Waals surface area contributed by atoms with Crippen molar-refractivity contribution in [3.63, 3.8) is 0 Å². The van der Waals surface area contributed by atoms with Gasteiger partial charge in [0, 0.05) is 19.3 Å². The zero-order valence-corrected chi connectivity index (χ0v) is 10.7. The summed E-state index contributed by atoms with van der Waals surface area (Å²) in [4.78, 5) is 18.0. The van der Waals surface area contributed by atoms with Gasteiger partial charge in [0.15, 0.2) is 11.4 Å². The molecule has 18 heavy (non-hydrogen) atoms. The van der Waals surface area contributed by atoms with Gasteiger partial charge in [-0.1, -0.05) is 0 Å². The molecular formula is C13H18N2O3. The standard InChI is InChI=1S/C13H18N2O3/c1-9(2)18-11-4-3-6-14-12(11)13(17)15-7-5-10(16)8-15/h3-4,6,9-10,16H,5,7-8H2,1-2H3/t10-/m1/s1. The van der Waals surface area contributed by atoms with Gasteiger partial charge in [-0.3, -0.25) is 4.79 Å². The molecule has 0 aliphatic carbocycles. The molecule has 5 nitrogen and oxygen atoms in total. The fraction of sp³-hybridized carbons (Fsp3) is 0.538. The van der Waals surface area contributed by atoms with Gasteiger partial charge in [0.1, 0.15) is 0 Å². The van der Waals surface area contributed by atoms with E-state index in [1.54, 1.807) is 23.2 Å². The second-order valence-electron chi connectivity index (χ2n) is 4.71. The van der Waals surface area contributed by atoms with Crippen molar-refractivity contribution in [3.05, 3.63) is 24.0 Å². The number of aliphatic hydroxyl groups excluding tert-OH is 1. The molecule has 0 unspecified atom stereocenters. The summed E-state index contributed by atoms with van der Waals surface area (Å²) in [6.07, 6.45) is 1.77. The van der Waals surface area contributed by atoms with E-state index >= 15 is 0 Å². The Bertz CT molecular complexity index is 434. The fourth-order valence-electron chi connectivity index (χ4n) is 1.98. The van der Waals surface area contributed by atoms with E-state index in [0.29, 0.717) is 31.0 Å². The van der Waals surface area contributed by atoms with Crippen LogP contribution in [0.3, 0.4) is 0 Å². The number of aliphatic hydroxyl groups is 1. The minimum Gasteiger partial charge on any atom is -0.489 e. The first-order valence-corrected chi connectivity index (χ1v) is 6.17. The highest BCUT2D eigenvalue weighted by atomic mass is 16.5. The quantitative estimate of drug-likeness (QED) is 0.871. The summed E-state index contributed by atoms with van der Waals surface area (Å²) in [7, 11) is 0. The lowest BCUT2D eigenvalue weighted by atomic mass is 10.3. The molecule has 1 atom stereocenters. The van der Waals surface area contributed by atoms with Crippen molar-refractivity contribution in [2.45, 2.75) is 32.5 Å². The Morgan fingerprint density at radius 1 is 1.61 bits per heavy atom. The van der Waals surface area contributed by atoms with Crippen molar-refractivity contribution >= 4 is 5.91 Å². The van der Waals surface area contributed by atoms with Gasteiger partial charge in [0.25, 0.3) is 5.91 Å². The summed E-state index contributed by atoms with van der Waals surface area (Å²) >= 11 is 0. The van der Waals surface area contributed by atoms with E-state index in [9.17, 15) is 9.90 Å². The number of nitrogens with zero attached hydrogens (tertiary/aromatic N) is 2. The first kappa shape index (κ1) is 12.8. The molecule has 1 amide bonds. The van der Waals surface area contributed by atoms with Crippen LogP contribution < -0.4 is 4.74 Å². The molecule has 1 fully saturated rings. The highest BCUT2D eigenvalue weighted by Gasteiger charge is 2.28. The number of likely N-dealkylation sites (tertiary alicyclic amines) is 1. The third-order valence-corrected chi connectivity index (χ3v) is 2.79. The number of amides is 1. The van der Waals surface area contributed by atoms with Crippen LogP contribution in [0.4, 0.5) is 0 Å². The minimum absolute atomic E-state index is 0.00933. The van der Waals surface area contributed by atoms with Crippen LogP contribution >= 0.6 is 0 Å². The molecule has 0 radical (unpaired) electrons. The number of aromatic nitrogens is 1. The summed E-state index contributed by atoms with van der Waals surface area (Å²) in [6, 6.07) is 3.49. The smallest absolute Gasteiger partial charge is 0.276 e. The zero-order valence-electron chi connectivity index (χ0n) is 10.7.